The molecule has 0 aromatic heterocycles. The normalized spacial score (nSPS) is 15.2. The smallest absolute Gasteiger partial charge is 0.330 e. The predicted molar refractivity (Wildman–Crippen MR) is 35.4 cm³/mol. The monoisotopic (exact) mass is 189 g/mol. The molecule has 6 heteroatoms. The lowest BCUT2D eigenvalue weighted by molar-refractivity contribution is -0.166. The minimum absolute atomic E-state index is 0.150. The van der Waals surface area contributed by atoms with Crippen LogP contribution in [0.4, 0.5) is 17.6 Å². The van der Waals surface area contributed by atoms with Crippen LogP contribution >= 0.6 is 0 Å². The van der Waals surface area contributed by atoms with Gasteiger partial charge in [0.2, 0.25) is 0 Å². The Labute approximate surface area is 67.7 Å². The number of nitrogens with two attached hydrogens (primary N) is 1. The van der Waals surface area contributed by atoms with Crippen LogP contribution < -0.4 is 5.73 Å². The third-order valence-electron chi connectivity index (χ3n) is 0.995. The van der Waals surface area contributed by atoms with Crippen LogP contribution in [-0.4, -0.2) is 31.6 Å². The van der Waals surface area contributed by atoms with Gasteiger partial charge in [0.05, 0.1) is 6.61 Å². The predicted octanol–water partition coefficient (Wildman–Crippen LogP) is 1.25. The van der Waals surface area contributed by atoms with Crippen molar-refractivity contribution in [2.75, 3.05) is 13.2 Å². The minimum Gasteiger partial charge on any atom is -0.373 e. The molecule has 0 spiro atoms. The largest absolute Gasteiger partial charge is 0.373 e. The Bertz CT molecular complexity index is 129. The number of hydrogen-bond donors (Lipinski definition) is 1. The zero-order chi connectivity index (χ0) is 9.78. The molecule has 0 aliphatic carbocycles. The summed E-state index contributed by atoms with van der Waals surface area (Å²) in [7, 11) is 0. The van der Waals surface area contributed by atoms with Gasteiger partial charge in [0.1, 0.15) is 6.61 Å². The Kier molecular flexibility index (Phi) is 4.47. The van der Waals surface area contributed by atoms with Gasteiger partial charge in [0, 0.05) is 6.04 Å². The zero-order valence-electron chi connectivity index (χ0n) is 6.57. The van der Waals surface area contributed by atoms with Crippen molar-refractivity contribution in [3.8, 4) is 0 Å². The zero-order valence-corrected chi connectivity index (χ0v) is 6.57. The molecule has 0 saturated carbocycles. The molecule has 0 aliphatic rings. The van der Waals surface area contributed by atoms with Crippen LogP contribution in [0.1, 0.15) is 6.92 Å². The summed E-state index contributed by atoms with van der Waals surface area (Å²) in [5.41, 5.74) is 5.14. The van der Waals surface area contributed by atoms with Crippen molar-refractivity contribution in [3.05, 3.63) is 0 Å². The van der Waals surface area contributed by atoms with Gasteiger partial charge in [0.25, 0.3) is 0 Å². The maximum Gasteiger partial charge on any atom is 0.330 e. The van der Waals surface area contributed by atoms with Crippen molar-refractivity contribution in [1.29, 1.82) is 0 Å². The Morgan fingerprint density at radius 1 is 1.42 bits per heavy atom. The van der Waals surface area contributed by atoms with Gasteiger partial charge in [-0.05, 0) is 6.92 Å². The van der Waals surface area contributed by atoms with Gasteiger partial charge in [-0.2, -0.15) is 8.78 Å². The third kappa shape index (κ3) is 4.50. The molecule has 0 rings (SSSR count). The maximum atomic E-state index is 12.1. The molecule has 0 aliphatic heterocycles. The van der Waals surface area contributed by atoms with Crippen LogP contribution in [-0.2, 0) is 4.74 Å². The summed E-state index contributed by atoms with van der Waals surface area (Å²) in [6.07, 6.45) is -3.69. The topological polar surface area (TPSA) is 35.2 Å². The number of ether oxygens (including phenoxy) is 1. The molecule has 0 amide bonds. The number of alkyl halides is 4. The Balaban J connectivity index is 3.61. The number of hydrogen-bond acceptors (Lipinski definition) is 2. The summed E-state index contributed by atoms with van der Waals surface area (Å²) in [6, 6.07) is -0.432. The van der Waals surface area contributed by atoms with Crippen LogP contribution in [0, 0.1) is 0 Å². The standard InChI is InChI=1S/C6H11F4NO/c1-4(11)2-12-3-6(9,10)5(7)8/h4-5H,2-3,11H2,1H3. The third-order valence-corrected chi connectivity index (χ3v) is 0.995. The summed E-state index contributed by atoms with van der Waals surface area (Å²) in [6.45, 7) is 0.0923. The van der Waals surface area contributed by atoms with E-state index in [1.807, 2.05) is 0 Å². The highest BCUT2D eigenvalue weighted by Gasteiger charge is 2.40. The maximum absolute atomic E-state index is 12.1. The molecule has 0 radical (unpaired) electrons. The molecule has 0 bridgehead atoms. The van der Waals surface area contributed by atoms with Crippen LogP contribution in [0.15, 0.2) is 0 Å². The number of halogens is 4. The van der Waals surface area contributed by atoms with E-state index in [4.69, 9.17) is 5.73 Å². The highest BCUT2D eigenvalue weighted by Crippen LogP contribution is 2.22. The molecule has 0 saturated heterocycles. The molecule has 0 heterocycles. The van der Waals surface area contributed by atoms with Gasteiger partial charge < -0.3 is 10.5 Å². The van der Waals surface area contributed by atoms with Gasteiger partial charge >= 0.3 is 12.3 Å². The molecular weight excluding hydrogens is 178 g/mol. The van der Waals surface area contributed by atoms with Crippen LogP contribution in [0.25, 0.3) is 0 Å². The van der Waals surface area contributed by atoms with E-state index in [2.05, 4.69) is 4.74 Å². The average Bonchev–Trinajstić information content (AvgIpc) is 1.85. The van der Waals surface area contributed by atoms with E-state index in [1.54, 1.807) is 0 Å². The Hall–Kier alpha value is -0.360. The summed E-state index contributed by atoms with van der Waals surface area (Å²) in [4.78, 5) is 0. The van der Waals surface area contributed by atoms with E-state index in [9.17, 15) is 17.6 Å². The van der Waals surface area contributed by atoms with E-state index >= 15 is 0 Å². The summed E-state index contributed by atoms with van der Waals surface area (Å²) in [5.74, 6) is -4.07. The SMILES string of the molecule is CC(N)COCC(F)(F)C(F)F. The Morgan fingerprint density at radius 2 is 1.92 bits per heavy atom. The van der Waals surface area contributed by atoms with Crippen molar-refractivity contribution in [2.45, 2.75) is 25.3 Å². The van der Waals surface area contributed by atoms with E-state index in [-0.39, 0.29) is 6.61 Å². The van der Waals surface area contributed by atoms with Crippen molar-refractivity contribution in [1.82, 2.24) is 0 Å². The molecule has 0 fully saturated rings. The average molecular weight is 189 g/mol. The summed E-state index contributed by atoms with van der Waals surface area (Å²) in [5, 5.41) is 0. The van der Waals surface area contributed by atoms with Gasteiger partial charge in [0.15, 0.2) is 0 Å². The second kappa shape index (κ2) is 4.61. The van der Waals surface area contributed by atoms with Crippen molar-refractivity contribution >= 4 is 0 Å². The van der Waals surface area contributed by atoms with Crippen molar-refractivity contribution in [3.63, 3.8) is 0 Å². The lowest BCUT2D eigenvalue weighted by Crippen LogP contribution is -2.34. The van der Waals surface area contributed by atoms with Crippen molar-refractivity contribution in [2.24, 2.45) is 5.73 Å². The van der Waals surface area contributed by atoms with Crippen LogP contribution in [0.2, 0.25) is 0 Å². The lowest BCUT2D eigenvalue weighted by atomic mass is 10.3. The lowest BCUT2D eigenvalue weighted by Gasteiger charge is -2.15. The highest BCUT2D eigenvalue weighted by molar-refractivity contribution is 4.68. The van der Waals surface area contributed by atoms with E-state index in [0.29, 0.717) is 0 Å². The molecule has 0 aromatic rings. The fraction of sp³-hybridized carbons (Fsp3) is 1.00. The molecular formula is C6H11F4NO. The van der Waals surface area contributed by atoms with Crippen LogP contribution in [0.5, 0.6) is 0 Å². The van der Waals surface area contributed by atoms with Gasteiger partial charge in [-0.15, -0.1) is 0 Å². The minimum atomic E-state index is -4.07. The van der Waals surface area contributed by atoms with Crippen molar-refractivity contribution < 1.29 is 22.3 Å². The van der Waals surface area contributed by atoms with E-state index in [1.165, 1.54) is 6.92 Å². The molecule has 2 nitrogen and oxygen atoms in total. The van der Waals surface area contributed by atoms with Gasteiger partial charge in [-0.25, -0.2) is 8.78 Å². The summed E-state index contributed by atoms with van der Waals surface area (Å²) >= 11 is 0. The first kappa shape index (κ1) is 11.6. The molecule has 2 N–H and O–H groups in total. The Morgan fingerprint density at radius 3 is 2.25 bits per heavy atom. The van der Waals surface area contributed by atoms with Gasteiger partial charge in [-0.3, -0.25) is 0 Å². The second-order valence-corrected chi connectivity index (χ2v) is 2.55. The quantitative estimate of drug-likeness (QED) is 0.660. The van der Waals surface area contributed by atoms with Crippen LogP contribution in [0.3, 0.4) is 0 Å². The number of rotatable bonds is 5. The molecule has 12 heavy (non-hydrogen) atoms. The van der Waals surface area contributed by atoms with E-state index in [0.717, 1.165) is 0 Å². The molecule has 1 atom stereocenters. The van der Waals surface area contributed by atoms with E-state index < -0.39 is 25.0 Å². The second-order valence-electron chi connectivity index (χ2n) is 2.55. The summed E-state index contributed by atoms with van der Waals surface area (Å²) < 4.78 is 51.4. The fourth-order valence-corrected chi connectivity index (χ4v) is 0.444. The molecule has 74 valence electrons. The fourth-order valence-electron chi connectivity index (χ4n) is 0.444. The first-order valence-corrected chi connectivity index (χ1v) is 3.35. The van der Waals surface area contributed by atoms with Gasteiger partial charge in [-0.1, -0.05) is 0 Å². The molecule has 1 unspecified atom stereocenters. The molecule has 0 aromatic carbocycles. The highest BCUT2D eigenvalue weighted by atomic mass is 19.3. The first-order valence-electron chi connectivity index (χ1n) is 3.35. The first-order chi connectivity index (χ1) is 5.36.